The maximum absolute atomic E-state index is 13.0. The van der Waals surface area contributed by atoms with Crippen molar-refractivity contribution in [3.63, 3.8) is 0 Å². The zero-order valence-corrected chi connectivity index (χ0v) is 19.9. The Bertz CT molecular complexity index is 1410. The quantitative estimate of drug-likeness (QED) is 0.561. The summed E-state index contributed by atoms with van der Waals surface area (Å²) in [6.45, 7) is 5.60. The largest absolute Gasteiger partial charge is 0.382 e. The highest BCUT2D eigenvalue weighted by Gasteiger charge is 2.33. The average molecular weight is 476 g/mol. The summed E-state index contributed by atoms with van der Waals surface area (Å²) in [5, 5.41) is 4.62. The molecule has 1 aliphatic carbocycles. The Hall–Kier alpha value is -3.58. The fraction of sp³-hybridized carbons (Fsp3) is 0.269. The Morgan fingerprint density at radius 3 is 2.76 bits per heavy atom. The zero-order chi connectivity index (χ0) is 24.0. The van der Waals surface area contributed by atoms with Gasteiger partial charge in [0.2, 0.25) is 0 Å². The molecule has 2 aromatic heterocycles. The molecule has 34 heavy (non-hydrogen) atoms. The van der Waals surface area contributed by atoms with Crippen molar-refractivity contribution in [2.45, 2.75) is 32.9 Å². The van der Waals surface area contributed by atoms with E-state index in [1.54, 1.807) is 26.3 Å². The number of hydrogen-bond acceptors (Lipinski definition) is 4. The van der Waals surface area contributed by atoms with E-state index >= 15 is 0 Å². The fourth-order valence-corrected chi connectivity index (χ4v) is 4.86. The van der Waals surface area contributed by atoms with Crippen LogP contribution in [-0.2, 0) is 13.0 Å². The molecule has 5 rings (SSSR count). The Morgan fingerprint density at radius 1 is 1.29 bits per heavy atom. The van der Waals surface area contributed by atoms with Gasteiger partial charge < -0.3 is 15.2 Å². The average Bonchev–Trinajstić information content (AvgIpc) is 3.37. The van der Waals surface area contributed by atoms with Gasteiger partial charge in [-0.1, -0.05) is 41.5 Å². The number of nitrogens with two attached hydrogens (primary N) is 1. The third kappa shape index (κ3) is 3.86. The minimum Gasteiger partial charge on any atom is -0.382 e. The molecular weight excluding hydrogens is 450 g/mol. The highest BCUT2D eigenvalue weighted by molar-refractivity contribution is 6.34. The normalized spacial score (nSPS) is 15.5. The second kappa shape index (κ2) is 8.65. The van der Waals surface area contributed by atoms with Crippen LogP contribution in [0.25, 0.3) is 17.2 Å². The van der Waals surface area contributed by atoms with E-state index in [-0.39, 0.29) is 17.5 Å². The van der Waals surface area contributed by atoms with Crippen LogP contribution in [0.15, 0.2) is 59.2 Å². The summed E-state index contributed by atoms with van der Waals surface area (Å²) in [6.07, 6.45) is 10.3. The van der Waals surface area contributed by atoms with Gasteiger partial charge in [-0.3, -0.25) is 14.3 Å². The minimum atomic E-state index is -0.105. The van der Waals surface area contributed by atoms with Crippen LogP contribution in [0, 0.1) is 0 Å². The van der Waals surface area contributed by atoms with Crippen molar-refractivity contribution in [2.24, 2.45) is 0 Å². The van der Waals surface area contributed by atoms with Gasteiger partial charge in [-0.2, -0.15) is 5.10 Å². The lowest BCUT2D eigenvalue weighted by molar-refractivity contribution is 0.0502. The van der Waals surface area contributed by atoms with Crippen LogP contribution in [0.1, 0.15) is 41.4 Å². The van der Waals surface area contributed by atoms with E-state index in [9.17, 15) is 9.59 Å². The molecule has 0 spiro atoms. The molecule has 8 heteroatoms. The molecule has 0 unspecified atom stereocenters. The van der Waals surface area contributed by atoms with Gasteiger partial charge in [-0.25, -0.2) is 0 Å². The lowest BCUT2D eigenvalue weighted by Gasteiger charge is -2.39. The fourth-order valence-electron chi connectivity index (χ4n) is 4.60. The number of nitrogens with zero attached hydrogens (tertiary/aromatic N) is 4. The number of carbonyl (C=O) groups excluding carboxylic acids is 1. The zero-order valence-electron chi connectivity index (χ0n) is 19.2. The number of likely N-dealkylation sites (tertiary alicyclic amines) is 1. The number of nitrogen functional groups attached to an aromatic ring is 1. The molecule has 7 nitrogen and oxygen atoms in total. The minimum absolute atomic E-state index is 0.0362. The van der Waals surface area contributed by atoms with E-state index in [1.807, 2.05) is 50.5 Å². The molecule has 0 bridgehead atoms. The summed E-state index contributed by atoms with van der Waals surface area (Å²) in [7, 11) is 0. The molecule has 0 saturated carbocycles. The molecular formula is C26H26ClN5O2. The van der Waals surface area contributed by atoms with Gasteiger partial charge >= 0.3 is 0 Å². The number of benzene rings is 1. The second-order valence-corrected chi connectivity index (χ2v) is 9.32. The first-order valence-corrected chi connectivity index (χ1v) is 11.7. The van der Waals surface area contributed by atoms with Crippen molar-refractivity contribution < 1.29 is 4.79 Å². The Balaban J connectivity index is 1.43. The van der Waals surface area contributed by atoms with Crippen LogP contribution in [-0.4, -0.2) is 38.2 Å². The van der Waals surface area contributed by atoms with Gasteiger partial charge in [0.15, 0.2) is 0 Å². The number of pyridine rings is 1. The summed E-state index contributed by atoms with van der Waals surface area (Å²) < 4.78 is 3.53. The highest BCUT2D eigenvalue weighted by atomic mass is 35.5. The van der Waals surface area contributed by atoms with Crippen LogP contribution >= 0.6 is 11.6 Å². The first-order valence-electron chi connectivity index (χ1n) is 11.3. The van der Waals surface area contributed by atoms with Crippen molar-refractivity contribution in [2.75, 3.05) is 18.8 Å². The highest BCUT2D eigenvalue weighted by Crippen LogP contribution is 2.35. The first kappa shape index (κ1) is 22.2. The second-order valence-electron chi connectivity index (χ2n) is 8.91. The van der Waals surface area contributed by atoms with Crippen LogP contribution in [0.4, 0.5) is 5.82 Å². The number of allylic oxidation sites excluding steroid dienone is 3. The van der Waals surface area contributed by atoms with Gasteiger partial charge in [0.25, 0.3) is 11.5 Å². The number of anilines is 1. The number of halogens is 1. The predicted octanol–water partition coefficient (Wildman–Crippen LogP) is 4.18. The van der Waals surface area contributed by atoms with Gasteiger partial charge in [0.05, 0.1) is 16.6 Å². The van der Waals surface area contributed by atoms with Crippen molar-refractivity contribution >= 4 is 29.4 Å². The molecule has 0 atom stereocenters. The van der Waals surface area contributed by atoms with E-state index in [0.717, 1.165) is 27.8 Å². The summed E-state index contributed by atoms with van der Waals surface area (Å²) in [6, 6.07) is 7.37. The number of rotatable bonds is 5. The molecule has 3 aromatic rings. The van der Waals surface area contributed by atoms with E-state index in [2.05, 4.69) is 11.2 Å². The van der Waals surface area contributed by atoms with E-state index in [1.165, 1.54) is 0 Å². The lowest BCUT2D eigenvalue weighted by atomic mass is 9.97. The molecule has 1 saturated heterocycles. The van der Waals surface area contributed by atoms with E-state index in [4.69, 9.17) is 17.3 Å². The standard InChI is InChI=1S/C26H26ClN5O2/c1-3-4-8-30-15-22(20-10-16(2)11-21(20)26(30)34)17-5-6-19(23(27)12-17)25(33)31-13-18(14-31)32-9-7-24(28)29-32/h3-7,9-10,12,15,18H,8,11,13-14H2,1-2H3,(H2,28,29)/b4-3+. The molecule has 1 aliphatic heterocycles. The Labute approximate surface area is 202 Å². The number of fused-ring (bicyclic) bond motifs is 1. The molecule has 1 aromatic carbocycles. The molecule has 3 heterocycles. The van der Waals surface area contributed by atoms with Crippen LogP contribution in [0.5, 0.6) is 0 Å². The summed E-state index contributed by atoms with van der Waals surface area (Å²) in [5.41, 5.74) is 10.9. The number of carbonyl (C=O) groups is 1. The Kier molecular flexibility index (Phi) is 5.65. The van der Waals surface area contributed by atoms with Gasteiger partial charge in [0.1, 0.15) is 5.82 Å². The maximum atomic E-state index is 13.0. The monoisotopic (exact) mass is 475 g/mol. The Morgan fingerprint density at radius 2 is 2.09 bits per heavy atom. The molecule has 1 amide bonds. The van der Waals surface area contributed by atoms with Crippen molar-refractivity contribution in [3.8, 4) is 11.1 Å². The van der Waals surface area contributed by atoms with E-state index < -0.39 is 0 Å². The topological polar surface area (TPSA) is 86.2 Å². The summed E-state index contributed by atoms with van der Waals surface area (Å²) >= 11 is 6.61. The van der Waals surface area contributed by atoms with Gasteiger partial charge in [0, 0.05) is 43.2 Å². The lowest BCUT2D eigenvalue weighted by Crippen LogP contribution is -2.50. The first-order chi connectivity index (χ1) is 16.4. The van der Waals surface area contributed by atoms with E-state index in [0.29, 0.717) is 42.5 Å². The third-order valence-corrected chi connectivity index (χ3v) is 6.78. The van der Waals surface area contributed by atoms with Crippen LogP contribution < -0.4 is 11.3 Å². The molecule has 0 radical (unpaired) electrons. The smallest absolute Gasteiger partial charge is 0.255 e. The number of hydrogen-bond donors (Lipinski definition) is 1. The molecule has 2 N–H and O–H groups in total. The molecule has 2 aliphatic rings. The molecule has 1 fully saturated rings. The van der Waals surface area contributed by atoms with Crippen molar-refractivity contribution in [3.05, 3.63) is 86.5 Å². The van der Waals surface area contributed by atoms with Crippen molar-refractivity contribution in [1.82, 2.24) is 19.2 Å². The number of amides is 1. The maximum Gasteiger partial charge on any atom is 0.255 e. The third-order valence-electron chi connectivity index (χ3n) is 6.47. The molecule has 174 valence electrons. The summed E-state index contributed by atoms with van der Waals surface area (Å²) in [4.78, 5) is 27.8. The van der Waals surface area contributed by atoms with Crippen LogP contribution in [0.3, 0.4) is 0 Å². The van der Waals surface area contributed by atoms with Gasteiger partial charge in [-0.15, -0.1) is 0 Å². The summed E-state index contributed by atoms with van der Waals surface area (Å²) in [5.74, 6) is 0.365. The number of aromatic nitrogens is 3. The predicted molar refractivity (Wildman–Crippen MR) is 135 cm³/mol. The van der Waals surface area contributed by atoms with Gasteiger partial charge in [-0.05, 0) is 49.6 Å². The SMILES string of the molecule is C/C=C/Cn1cc(-c2ccc(C(=O)N3CC(n4ccc(N)n4)C3)c(Cl)c2)c2c(c1=O)CC(C)=C2. The van der Waals surface area contributed by atoms with Crippen LogP contribution in [0.2, 0.25) is 5.02 Å². The van der Waals surface area contributed by atoms with Crippen molar-refractivity contribution in [1.29, 1.82) is 0 Å².